The molecule has 0 spiro atoms. The molecule has 0 aliphatic heterocycles. The lowest BCUT2D eigenvalue weighted by molar-refractivity contribution is 0.369. The number of hydrogen-bond acceptors (Lipinski definition) is 5. The van der Waals surface area contributed by atoms with Crippen LogP contribution in [-0.2, 0) is 0 Å². The van der Waals surface area contributed by atoms with Gasteiger partial charge in [-0.1, -0.05) is 13.0 Å². The van der Waals surface area contributed by atoms with Gasteiger partial charge in [-0.25, -0.2) is 0 Å². The Morgan fingerprint density at radius 1 is 1.47 bits per heavy atom. The van der Waals surface area contributed by atoms with Gasteiger partial charge in [-0.15, -0.1) is 21.5 Å². The van der Waals surface area contributed by atoms with Crippen molar-refractivity contribution in [1.29, 1.82) is 0 Å². The average Bonchev–Trinajstić information content (AvgIpc) is 2.96. The summed E-state index contributed by atoms with van der Waals surface area (Å²) >= 11 is 1.77. The van der Waals surface area contributed by atoms with Gasteiger partial charge in [0.2, 0.25) is 11.8 Å². The Morgan fingerprint density at radius 2 is 2.29 bits per heavy atom. The minimum absolute atomic E-state index is 0.0725. The van der Waals surface area contributed by atoms with Crippen LogP contribution >= 0.6 is 11.3 Å². The molecule has 0 amide bonds. The SMILES string of the molecule is CC[C@H](N[C@@H](C)c1nnc(C)o1)c1cccs1. The van der Waals surface area contributed by atoms with Crippen molar-refractivity contribution in [3.63, 3.8) is 0 Å². The number of nitrogens with one attached hydrogen (secondary N) is 1. The molecule has 4 nitrogen and oxygen atoms in total. The van der Waals surface area contributed by atoms with Crippen molar-refractivity contribution >= 4 is 11.3 Å². The highest BCUT2D eigenvalue weighted by atomic mass is 32.1. The Balaban J connectivity index is 2.04. The summed E-state index contributed by atoms with van der Waals surface area (Å²) in [6, 6.07) is 4.64. The summed E-state index contributed by atoms with van der Waals surface area (Å²) in [5, 5.41) is 13.5. The van der Waals surface area contributed by atoms with E-state index >= 15 is 0 Å². The van der Waals surface area contributed by atoms with E-state index in [9.17, 15) is 0 Å². The molecule has 2 heterocycles. The van der Waals surface area contributed by atoms with Gasteiger partial charge in [0, 0.05) is 17.8 Å². The second-order valence-corrected chi connectivity index (χ2v) is 5.00. The molecule has 2 rings (SSSR count). The van der Waals surface area contributed by atoms with Crippen LogP contribution in [0, 0.1) is 6.92 Å². The minimum atomic E-state index is 0.0725. The maximum Gasteiger partial charge on any atom is 0.233 e. The maximum atomic E-state index is 5.43. The highest BCUT2D eigenvalue weighted by molar-refractivity contribution is 7.10. The normalized spacial score (nSPS) is 14.8. The third-order valence-electron chi connectivity index (χ3n) is 2.66. The van der Waals surface area contributed by atoms with Gasteiger partial charge < -0.3 is 4.42 Å². The number of rotatable bonds is 5. The van der Waals surface area contributed by atoms with Crippen molar-refractivity contribution in [3.05, 3.63) is 34.2 Å². The molecule has 1 N–H and O–H groups in total. The number of thiophene rings is 1. The fraction of sp³-hybridized carbons (Fsp3) is 0.500. The molecule has 0 fully saturated rings. The van der Waals surface area contributed by atoms with E-state index < -0.39 is 0 Å². The fourth-order valence-corrected chi connectivity index (χ4v) is 2.62. The largest absolute Gasteiger partial charge is 0.424 e. The molecule has 0 aliphatic rings. The number of aryl methyl sites for hydroxylation is 1. The maximum absolute atomic E-state index is 5.43. The van der Waals surface area contributed by atoms with Gasteiger partial charge in [0.05, 0.1) is 6.04 Å². The van der Waals surface area contributed by atoms with E-state index in [-0.39, 0.29) is 6.04 Å². The van der Waals surface area contributed by atoms with Gasteiger partial charge in [0.1, 0.15) is 0 Å². The summed E-state index contributed by atoms with van der Waals surface area (Å²) in [4.78, 5) is 1.34. The summed E-state index contributed by atoms with van der Waals surface area (Å²) in [5.74, 6) is 1.26. The molecule has 5 heteroatoms. The van der Waals surface area contributed by atoms with Crippen LogP contribution in [0.1, 0.15) is 49.0 Å². The first-order chi connectivity index (χ1) is 8.20. The predicted octanol–water partition coefficient (Wildman–Crippen LogP) is 3.24. The molecule has 0 saturated carbocycles. The van der Waals surface area contributed by atoms with E-state index in [1.807, 2.05) is 6.92 Å². The van der Waals surface area contributed by atoms with Crippen LogP contribution in [0.3, 0.4) is 0 Å². The zero-order chi connectivity index (χ0) is 12.3. The van der Waals surface area contributed by atoms with Crippen molar-refractivity contribution in [2.24, 2.45) is 0 Å². The Morgan fingerprint density at radius 3 is 2.82 bits per heavy atom. The number of nitrogens with zero attached hydrogens (tertiary/aromatic N) is 2. The molecule has 92 valence electrons. The lowest BCUT2D eigenvalue weighted by Gasteiger charge is -2.18. The minimum Gasteiger partial charge on any atom is -0.424 e. The highest BCUT2D eigenvalue weighted by Crippen LogP contribution is 2.24. The zero-order valence-corrected chi connectivity index (χ0v) is 11.1. The van der Waals surface area contributed by atoms with Gasteiger partial charge in [0.15, 0.2) is 0 Å². The highest BCUT2D eigenvalue weighted by Gasteiger charge is 2.18. The lowest BCUT2D eigenvalue weighted by Crippen LogP contribution is -2.23. The average molecular weight is 251 g/mol. The molecule has 2 aromatic heterocycles. The van der Waals surface area contributed by atoms with Crippen molar-refractivity contribution in [1.82, 2.24) is 15.5 Å². The summed E-state index contributed by atoms with van der Waals surface area (Å²) in [6.45, 7) is 6.02. The first kappa shape index (κ1) is 12.3. The van der Waals surface area contributed by atoms with Crippen LogP contribution in [-0.4, -0.2) is 10.2 Å². The van der Waals surface area contributed by atoms with Gasteiger partial charge >= 0.3 is 0 Å². The van der Waals surface area contributed by atoms with Crippen molar-refractivity contribution in [2.75, 3.05) is 0 Å². The quantitative estimate of drug-likeness (QED) is 0.886. The molecular formula is C12H17N3OS. The molecule has 0 saturated heterocycles. The lowest BCUT2D eigenvalue weighted by atomic mass is 10.1. The molecule has 0 aromatic carbocycles. The first-order valence-corrected chi connectivity index (χ1v) is 6.68. The van der Waals surface area contributed by atoms with Crippen LogP contribution in [0.2, 0.25) is 0 Å². The summed E-state index contributed by atoms with van der Waals surface area (Å²) < 4.78 is 5.43. The van der Waals surface area contributed by atoms with E-state index in [4.69, 9.17) is 4.42 Å². The van der Waals surface area contributed by atoms with Gasteiger partial charge in [-0.2, -0.15) is 0 Å². The Kier molecular flexibility index (Phi) is 3.91. The molecule has 2 atom stereocenters. The molecule has 0 unspecified atom stereocenters. The molecule has 0 bridgehead atoms. The molecule has 2 aromatic rings. The van der Waals surface area contributed by atoms with Crippen LogP contribution in [0.15, 0.2) is 21.9 Å². The van der Waals surface area contributed by atoms with Crippen LogP contribution in [0.5, 0.6) is 0 Å². The summed E-state index contributed by atoms with van der Waals surface area (Å²) in [7, 11) is 0. The summed E-state index contributed by atoms with van der Waals surface area (Å²) in [6.07, 6.45) is 1.04. The van der Waals surface area contributed by atoms with Crippen LogP contribution < -0.4 is 5.32 Å². The second kappa shape index (κ2) is 5.42. The molecule has 0 radical (unpaired) electrons. The predicted molar refractivity (Wildman–Crippen MR) is 67.9 cm³/mol. The monoisotopic (exact) mass is 251 g/mol. The van der Waals surface area contributed by atoms with Crippen LogP contribution in [0.4, 0.5) is 0 Å². The smallest absolute Gasteiger partial charge is 0.233 e. The van der Waals surface area contributed by atoms with E-state index in [2.05, 4.69) is 40.0 Å². The number of aromatic nitrogens is 2. The van der Waals surface area contributed by atoms with Crippen molar-refractivity contribution in [3.8, 4) is 0 Å². The third-order valence-corrected chi connectivity index (χ3v) is 3.64. The van der Waals surface area contributed by atoms with Gasteiger partial charge in [0.25, 0.3) is 0 Å². The Hall–Kier alpha value is -1.20. The van der Waals surface area contributed by atoms with E-state index in [0.29, 0.717) is 17.8 Å². The van der Waals surface area contributed by atoms with Crippen molar-refractivity contribution < 1.29 is 4.42 Å². The molecular weight excluding hydrogens is 234 g/mol. The summed E-state index contributed by atoms with van der Waals surface area (Å²) in [5.41, 5.74) is 0. The standard InChI is InChI=1S/C12H17N3OS/c1-4-10(11-6-5-7-17-11)13-8(2)12-15-14-9(3)16-12/h5-8,10,13H,4H2,1-3H3/t8-,10-/m0/s1. The Bertz CT molecular complexity index is 452. The zero-order valence-electron chi connectivity index (χ0n) is 10.3. The molecule has 17 heavy (non-hydrogen) atoms. The number of hydrogen-bond donors (Lipinski definition) is 1. The second-order valence-electron chi connectivity index (χ2n) is 4.02. The van der Waals surface area contributed by atoms with E-state index in [1.165, 1.54) is 4.88 Å². The van der Waals surface area contributed by atoms with E-state index in [1.54, 1.807) is 18.3 Å². The first-order valence-electron chi connectivity index (χ1n) is 5.80. The van der Waals surface area contributed by atoms with Crippen LogP contribution in [0.25, 0.3) is 0 Å². The fourth-order valence-electron chi connectivity index (χ4n) is 1.75. The third kappa shape index (κ3) is 2.92. The van der Waals surface area contributed by atoms with Gasteiger partial charge in [-0.3, -0.25) is 5.32 Å². The van der Waals surface area contributed by atoms with Crippen molar-refractivity contribution in [2.45, 2.75) is 39.3 Å². The molecule has 0 aliphatic carbocycles. The topological polar surface area (TPSA) is 51.0 Å². The van der Waals surface area contributed by atoms with E-state index in [0.717, 1.165) is 6.42 Å². The van der Waals surface area contributed by atoms with Gasteiger partial charge in [-0.05, 0) is 24.8 Å². The Labute approximate surface area is 105 Å².